The Morgan fingerprint density at radius 1 is 0.833 bits per heavy atom. The molecule has 2 fully saturated rings. The Labute approximate surface area is 114 Å². The van der Waals surface area contributed by atoms with E-state index in [1.165, 1.54) is 44.9 Å². The summed E-state index contributed by atoms with van der Waals surface area (Å²) in [5.41, 5.74) is 12.1. The summed E-state index contributed by atoms with van der Waals surface area (Å²) in [4.78, 5) is 0. The minimum Gasteiger partial charge on any atom is -0.313 e. The van der Waals surface area contributed by atoms with Crippen LogP contribution in [0.1, 0.15) is 79.1 Å². The Morgan fingerprint density at radius 3 is 1.89 bits per heavy atom. The van der Waals surface area contributed by atoms with E-state index in [0.29, 0.717) is 0 Å². The maximum Gasteiger partial charge on any atom is 0.0689 e. The van der Waals surface area contributed by atoms with Crippen LogP contribution in [0, 0.1) is 17.3 Å². The first-order valence-corrected chi connectivity index (χ1v) is 8.00. The standard InChI is InChI=1S/C14H28N2.C2H6/c1-13(2)10-12(8-9-14(13,15)16)11-6-4-3-5-7-11;1-2/h11-12H,3-10,15-16H2,1-2H3;1-2H3. The molecule has 0 aromatic heterocycles. The zero-order valence-electron chi connectivity index (χ0n) is 13.0. The fourth-order valence-electron chi connectivity index (χ4n) is 3.72. The minimum atomic E-state index is -0.446. The van der Waals surface area contributed by atoms with Gasteiger partial charge < -0.3 is 11.5 Å². The van der Waals surface area contributed by atoms with Crippen LogP contribution in [0.15, 0.2) is 0 Å². The highest BCUT2D eigenvalue weighted by Crippen LogP contribution is 2.47. The normalized spacial score (nSPS) is 31.3. The number of nitrogens with two attached hydrogens (primary N) is 2. The van der Waals surface area contributed by atoms with Gasteiger partial charge >= 0.3 is 0 Å². The third-order valence-corrected chi connectivity index (χ3v) is 5.28. The summed E-state index contributed by atoms with van der Waals surface area (Å²) in [6, 6.07) is 0. The highest BCUT2D eigenvalue weighted by Gasteiger charge is 2.45. The van der Waals surface area contributed by atoms with Crippen LogP contribution in [-0.2, 0) is 0 Å². The van der Waals surface area contributed by atoms with Crippen molar-refractivity contribution in [2.45, 2.75) is 84.7 Å². The van der Waals surface area contributed by atoms with Crippen molar-refractivity contribution in [3.05, 3.63) is 0 Å². The fourth-order valence-corrected chi connectivity index (χ4v) is 3.72. The second-order valence-electron chi connectivity index (χ2n) is 6.83. The van der Waals surface area contributed by atoms with E-state index in [4.69, 9.17) is 11.5 Å². The third kappa shape index (κ3) is 3.48. The van der Waals surface area contributed by atoms with Gasteiger partial charge in [0.05, 0.1) is 5.66 Å². The zero-order valence-corrected chi connectivity index (χ0v) is 13.0. The monoisotopic (exact) mass is 254 g/mol. The van der Waals surface area contributed by atoms with Crippen molar-refractivity contribution in [3.8, 4) is 0 Å². The van der Waals surface area contributed by atoms with Crippen LogP contribution < -0.4 is 11.5 Å². The van der Waals surface area contributed by atoms with Crippen LogP contribution in [0.2, 0.25) is 0 Å². The van der Waals surface area contributed by atoms with Crippen molar-refractivity contribution < 1.29 is 0 Å². The van der Waals surface area contributed by atoms with E-state index in [9.17, 15) is 0 Å². The number of rotatable bonds is 1. The fraction of sp³-hybridized carbons (Fsp3) is 1.00. The lowest BCUT2D eigenvalue weighted by atomic mass is 9.61. The first kappa shape index (κ1) is 16.0. The van der Waals surface area contributed by atoms with Gasteiger partial charge in [-0.3, -0.25) is 0 Å². The summed E-state index contributed by atoms with van der Waals surface area (Å²) >= 11 is 0. The predicted molar refractivity (Wildman–Crippen MR) is 80.2 cm³/mol. The zero-order chi connectivity index (χ0) is 13.8. The Balaban J connectivity index is 0.000000771. The summed E-state index contributed by atoms with van der Waals surface area (Å²) in [7, 11) is 0. The van der Waals surface area contributed by atoms with E-state index in [1.54, 1.807) is 0 Å². The first-order valence-electron chi connectivity index (χ1n) is 8.00. The molecule has 2 aliphatic carbocycles. The summed E-state index contributed by atoms with van der Waals surface area (Å²) < 4.78 is 0. The quantitative estimate of drug-likeness (QED) is 0.694. The molecular weight excluding hydrogens is 220 g/mol. The topological polar surface area (TPSA) is 52.0 Å². The van der Waals surface area contributed by atoms with Gasteiger partial charge in [-0.05, 0) is 36.5 Å². The van der Waals surface area contributed by atoms with Gasteiger partial charge in [-0.15, -0.1) is 0 Å². The van der Waals surface area contributed by atoms with Crippen molar-refractivity contribution in [2.75, 3.05) is 0 Å². The van der Waals surface area contributed by atoms with Gasteiger partial charge in [-0.1, -0.05) is 59.8 Å². The molecule has 2 aliphatic rings. The highest BCUT2D eigenvalue weighted by molar-refractivity contribution is 4.99. The van der Waals surface area contributed by atoms with Crippen molar-refractivity contribution in [1.29, 1.82) is 0 Å². The maximum atomic E-state index is 6.23. The molecule has 2 saturated carbocycles. The van der Waals surface area contributed by atoms with E-state index in [0.717, 1.165) is 18.3 Å². The van der Waals surface area contributed by atoms with Crippen molar-refractivity contribution in [1.82, 2.24) is 0 Å². The summed E-state index contributed by atoms with van der Waals surface area (Å²) in [6.07, 6.45) is 10.7. The average molecular weight is 254 g/mol. The molecule has 2 heteroatoms. The molecule has 4 N–H and O–H groups in total. The molecule has 1 atom stereocenters. The van der Waals surface area contributed by atoms with Gasteiger partial charge in [0.1, 0.15) is 0 Å². The number of hydrogen-bond acceptors (Lipinski definition) is 2. The molecule has 108 valence electrons. The first-order chi connectivity index (χ1) is 8.42. The van der Waals surface area contributed by atoms with Crippen molar-refractivity contribution in [2.24, 2.45) is 28.7 Å². The summed E-state index contributed by atoms with van der Waals surface area (Å²) in [5, 5.41) is 0. The second-order valence-corrected chi connectivity index (χ2v) is 6.83. The van der Waals surface area contributed by atoms with Gasteiger partial charge in [-0.2, -0.15) is 0 Å². The van der Waals surface area contributed by atoms with Gasteiger partial charge in [0.2, 0.25) is 0 Å². The highest BCUT2D eigenvalue weighted by atomic mass is 15.0. The van der Waals surface area contributed by atoms with Crippen LogP contribution in [0.4, 0.5) is 0 Å². The molecule has 0 aliphatic heterocycles. The Bertz CT molecular complexity index is 239. The Hall–Kier alpha value is -0.0800. The van der Waals surface area contributed by atoms with Crippen LogP contribution in [0.5, 0.6) is 0 Å². The molecule has 2 nitrogen and oxygen atoms in total. The van der Waals surface area contributed by atoms with Gasteiger partial charge in [-0.25, -0.2) is 0 Å². The predicted octanol–water partition coefficient (Wildman–Crippen LogP) is 4.03. The van der Waals surface area contributed by atoms with Crippen LogP contribution in [0.25, 0.3) is 0 Å². The average Bonchev–Trinajstić information content (AvgIpc) is 2.36. The van der Waals surface area contributed by atoms with E-state index in [-0.39, 0.29) is 5.41 Å². The van der Waals surface area contributed by atoms with Crippen LogP contribution >= 0.6 is 0 Å². The molecule has 2 rings (SSSR count). The summed E-state index contributed by atoms with van der Waals surface area (Å²) in [6.45, 7) is 8.50. The van der Waals surface area contributed by atoms with Gasteiger partial charge in [0, 0.05) is 0 Å². The molecular formula is C16H34N2. The van der Waals surface area contributed by atoms with Gasteiger partial charge in [0.25, 0.3) is 0 Å². The maximum absolute atomic E-state index is 6.23. The Morgan fingerprint density at radius 2 is 1.39 bits per heavy atom. The third-order valence-electron chi connectivity index (χ3n) is 5.28. The second kappa shape index (κ2) is 6.38. The van der Waals surface area contributed by atoms with Crippen molar-refractivity contribution >= 4 is 0 Å². The van der Waals surface area contributed by atoms with Crippen LogP contribution in [-0.4, -0.2) is 5.66 Å². The van der Waals surface area contributed by atoms with E-state index < -0.39 is 5.66 Å². The molecule has 0 bridgehead atoms. The lowest BCUT2D eigenvalue weighted by Crippen LogP contribution is -2.63. The molecule has 1 unspecified atom stereocenters. The summed E-state index contributed by atoms with van der Waals surface area (Å²) in [5.74, 6) is 1.85. The smallest absolute Gasteiger partial charge is 0.0689 e. The van der Waals surface area contributed by atoms with E-state index in [2.05, 4.69) is 13.8 Å². The molecule has 0 heterocycles. The molecule has 0 aromatic rings. The molecule has 0 aromatic carbocycles. The molecule has 18 heavy (non-hydrogen) atoms. The van der Waals surface area contributed by atoms with Crippen molar-refractivity contribution in [3.63, 3.8) is 0 Å². The molecule has 0 amide bonds. The van der Waals surface area contributed by atoms with E-state index in [1.807, 2.05) is 13.8 Å². The number of hydrogen-bond donors (Lipinski definition) is 2. The molecule has 0 saturated heterocycles. The SMILES string of the molecule is CC.CC1(C)CC(C2CCCCC2)CCC1(N)N. The molecule has 0 radical (unpaired) electrons. The molecule has 0 spiro atoms. The lowest BCUT2D eigenvalue weighted by Gasteiger charge is -2.50. The largest absolute Gasteiger partial charge is 0.313 e. The van der Waals surface area contributed by atoms with Crippen LogP contribution in [0.3, 0.4) is 0 Å². The Kier molecular flexibility index (Phi) is 5.67. The van der Waals surface area contributed by atoms with Gasteiger partial charge in [0.15, 0.2) is 0 Å². The van der Waals surface area contributed by atoms with E-state index >= 15 is 0 Å². The lowest BCUT2D eigenvalue weighted by molar-refractivity contribution is 0.0356. The minimum absolute atomic E-state index is 0.105.